The summed E-state index contributed by atoms with van der Waals surface area (Å²) in [5.74, 6) is 1.15. The average molecular weight is 259 g/mol. The molecule has 1 saturated heterocycles. The van der Waals surface area contributed by atoms with E-state index < -0.39 is 10.0 Å². The van der Waals surface area contributed by atoms with Crippen LogP contribution in [0.3, 0.4) is 0 Å². The first-order valence-electron chi connectivity index (χ1n) is 6.27. The molecule has 0 aromatic carbocycles. The molecule has 2 rings (SSSR count). The van der Waals surface area contributed by atoms with Crippen molar-refractivity contribution >= 4 is 15.9 Å². The van der Waals surface area contributed by atoms with E-state index in [1.807, 2.05) is 0 Å². The lowest BCUT2D eigenvalue weighted by atomic mass is 10.1. The first kappa shape index (κ1) is 12.8. The standard InChI is InChI=1S/C11H21N3O2S/c1-17(15,16)14-8-6-13(7-9-14)11(12)10-4-2-3-5-10/h10,12H,2-9H2,1H3. The molecule has 1 aliphatic carbocycles. The molecule has 6 heteroatoms. The Kier molecular flexibility index (Phi) is 3.73. The SMILES string of the molecule is CS(=O)(=O)N1CCN(C(=N)C2CCCC2)CC1. The van der Waals surface area contributed by atoms with Crippen LogP contribution in [0.5, 0.6) is 0 Å². The van der Waals surface area contributed by atoms with Crippen LogP contribution < -0.4 is 0 Å². The molecule has 0 aromatic heterocycles. The topological polar surface area (TPSA) is 64.5 Å². The van der Waals surface area contributed by atoms with Gasteiger partial charge in [0.05, 0.1) is 12.1 Å². The van der Waals surface area contributed by atoms with Crippen LogP contribution in [0.2, 0.25) is 0 Å². The van der Waals surface area contributed by atoms with Gasteiger partial charge < -0.3 is 4.90 Å². The van der Waals surface area contributed by atoms with Gasteiger partial charge in [0.15, 0.2) is 0 Å². The predicted octanol–water partition coefficient (Wildman–Crippen LogP) is 0.731. The van der Waals surface area contributed by atoms with Crippen LogP contribution in [-0.2, 0) is 10.0 Å². The molecule has 2 aliphatic rings. The van der Waals surface area contributed by atoms with E-state index >= 15 is 0 Å². The molecular formula is C11H21N3O2S. The molecule has 0 spiro atoms. The lowest BCUT2D eigenvalue weighted by Gasteiger charge is -2.36. The quantitative estimate of drug-likeness (QED) is 0.587. The first-order chi connectivity index (χ1) is 7.98. The Hall–Kier alpha value is -0.620. The number of nitrogens with one attached hydrogen (secondary N) is 1. The minimum atomic E-state index is -3.06. The molecule has 98 valence electrons. The highest BCUT2D eigenvalue weighted by Gasteiger charge is 2.28. The fourth-order valence-electron chi connectivity index (χ4n) is 2.72. The summed E-state index contributed by atoms with van der Waals surface area (Å²) in [4.78, 5) is 2.05. The normalized spacial score (nSPS) is 24.2. The summed E-state index contributed by atoms with van der Waals surface area (Å²) in [6, 6.07) is 0. The molecule has 5 nitrogen and oxygen atoms in total. The second-order valence-electron chi connectivity index (χ2n) is 5.02. The molecule has 0 bridgehead atoms. The largest absolute Gasteiger partial charge is 0.358 e. The summed E-state index contributed by atoms with van der Waals surface area (Å²) >= 11 is 0. The Morgan fingerprint density at radius 1 is 1.12 bits per heavy atom. The van der Waals surface area contributed by atoms with Crippen LogP contribution in [0.4, 0.5) is 0 Å². The zero-order valence-electron chi connectivity index (χ0n) is 10.4. The van der Waals surface area contributed by atoms with Gasteiger partial charge >= 0.3 is 0 Å². The van der Waals surface area contributed by atoms with Gasteiger partial charge in [-0.1, -0.05) is 12.8 Å². The second-order valence-corrected chi connectivity index (χ2v) is 7.00. The Bertz CT molecular complexity index is 380. The van der Waals surface area contributed by atoms with Crippen LogP contribution in [0.25, 0.3) is 0 Å². The summed E-state index contributed by atoms with van der Waals surface area (Å²) in [5.41, 5.74) is 0. The van der Waals surface area contributed by atoms with E-state index in [1.165, 1.54) is 23.4 Å². The van der Waals surface area contributed by atoms with E-state index in [2.05, 4.69) is 4.90 Å². The molecule has 1 aliphatic heterocycles. The summed E-state index contributed by atoms with van der Waals surface area (Å²) in [5, 5.41) is 8.16. The van der Waals surface area contributed by atoms with Crippen LogP contribution in [0, 0.1) is 11.3 Å². The number of hydrogen-bond donors (Lipinski definition) is 1. The smallest absolute Gasteiger partial charge is 0.211 e. The molecule has 0 aromatic rings. The van der Waals surface area contributed by atoms with E-state index in [4.69, 9.17) is 5.41 Å². The monoisotopic (exact) mass is 259 g/mol. The van der Waals surface area contributed by atoms with Gasteiger partial charge in [-0.15, -0.1) is 0 Å². The van der Waals surface area contributed by atoms with E-state index in [-0.39, 0.29) is 0 Å². The fraction of sp³-hybridized carbons (Fsp3) is 0.909. The molecule has 0 radical (unpaired) electrons. The zero-order chi connectivity index (χ0) is 12.5. The van der Waals surface area contributed by atoms with Crippen molar-refractivity contribution in [3.63, 3.8) is 0 Å². The third-order valence-corrected chi connectivity index (χ3v) is 5.09. The van der Waals surface area contributed by atoms with Gasteiger partial charge in [-0.25, -0.2) is 8.42 Å². The third kappa shape index (κ3) is 2.98. The Balaban J connectivity index is 1.88. The molecule has 1 saturated carbocycles. The minimum Gasteiger partial charge on any atom is -0.358 e. The van der Waals surface area contributed by atoms with E-state index in [9.17, 15) is 8.42 Å². The Morgan fingerprint density at radius 3 is 2.12 bits per heavy atom. The van der Waals surface area contributed by atoms with Crippen molar-refractivity contribution in [1.29, 1.82) is 5.41 Å². The Morgan fingerprint density at radius 2 is 1.65 bits per heavy atom. The molecule has 1 heterocycles. The van der Waals surface area contributed by atoms with Gasteiger partial charge in [-0.05, 0) is 12.8 Å². The van der Waals surface area contributed by atoms with Gasteiger partial charge in [0.1, 0.15) is 0 Å². The van der Waals surface area contributed by atoms with E-state index in [0.29, 0.717) is 32.1 Å². The predicted molar refractivity (Wildman–Crippen MR) is 67.7 cm³/mol. The maximum absolute atomic E-state index is 11.4. The maximum Gasteiger partial charge on any atom is 0.211 e. The molecule has 0 unspecified atom stereocenters. The van der Waals surface area contributed by atoms with Crippen molar-refractivity contribution in [2.45, 2.75) is 25.7 Å². The second kappa shape index (κ2) is 4.94. The molecular weight excluding hydrogens is 238 g/mol. The number of hydrogen-bond acceptors (Lipinski definition) is 3. The minimum absolute atomic E-state index is 0.416. The highest BCUT2D eigenvalue weighted by Crippen LogP contribution is 2.27. The third-order valence-electron chi connectivity index (χ3n) is 3.79. The molecule has 2 fully saturated rings. The van der Waals surface area contributed by atoms with Crippen LogP contribution in [0.1, 0.15) is 25.7 Å². The van der Waals surface area contributed by atoms with Crippen molar-refractivity contribution in [3.8, 4) is 0 Å². The number of amidine groups is 1. The summed E-state index contributed by atoms with van der Waals surface area (Å²) in [6.07, 6.45) is 5.98. The molecule has 0 amide bonds. The highest BCUT2D eigenvalue weighted by atomic mass is 32.2. The van der Waals surface area contributed by atoms with Crippen molar-refractivity contribution in [2.75, 3.05) is 32.4 Å². The van der Waals surface area contributed by atoms with Crippen molar-refractivity contribution in [2.24, 2.45) is 5.92 Å². The van der Waals surface area contributed by atoms with E-state index in [1.54, 1.807) is 0 Å². The maximum atomic E-state index is 11.4. The van der Waals surface area contributed by atoms with Crippen molar-refractivity contribution in [1.82, 2.24) is 9.21 Å². The van der Waals surface area contributed by atoms with Crippen LogP contribution in [-0.4, -0.2) is 55.9 Å². The van der Waals surface area contributed by atoms with Crippen molar-refractivity contribution < 1.29 is 8.42 Å². The summed E-state index contributed by atoms with van der Waals surface area (Å²) < 4.78 is 24.3. The van der Waals surface area contributed by atoms with Gasteiger partial charge in [0, 0.05) is 32.1 Å². The number of rotatable bonds is 2. The van der Waals surface area contributed by atoms with Gasteiger partial charge in [-0.2, -0.15) is 4.31 Å². The first-order valence-corrected chi connectivity index (χ1v) is 8.12. The summed E-state index contributed by atoms with van der Waals surface area (Å²) in [6.45, 7) is 2.38. The summed E-state index contributed by atoms with van der Waals surface area (Å²) in [7, 11) is -3.06. The molecule has 0 atom stereocenters. The van der Waals surface area contributed by atoms with Gasteiger partial charge in [0.2, 0.25) is 10.0 Å². The highest BCUT2D eigenvalue weighted by molar-refractivity contribution is 7.88. The zero-order valence-corrected chi connectivity index (χ0v) is 11.2. The Labute approximate surface area is 103 Å². The van der Waals surface area contributed by atoms with Crippen LogP contribution in [0.15, 0.2) is 0 Å². The fourth-order valence-corrected chi connectivity index (χ4v) is 3.54. The van der Waals surface area contributed by atoms with E-state index in [0.717, 1.165) is 18.7 Å². The van der Waals surface area contributed by atoms with Gasteiger partial charge in [0.25, 0.3) is 0 Å². The lowest BCUT2D eigenvalue weighted by Crippen LogP contribution is -2.51. The van der Waals surface area contributed by atoms with Crippen molar-refractivity contribution in [3.05, 3.63) is 0 Å². The lowest BCUT2D eigenvalue weighted by molar-refractivity contribution is 0.257. The number of piperazine rings is 1. The average Bonchev–Trinajstić information content (AvgIpc) is 2.80. The molecule has 1 N–H and O–H groups in total. The number of nitrogens with zero attached hydrogens (tertiary/aromatic N) is 2. The van der Waals surface area contributed by atoms with Gasteiger partial charge in [-0.3, -0.25) is 5.41 Å². The number of sulfonamides is 1. The molecule has 17 heavy (non-hydrogen) atoms. The van der Waals surface area contributed by atoms with Crippen LogP contribution >= 0.6 is 0 Å².